The molecule has 0 aliphatic carbocycles. The number of para-hydroxylation sites is 1. The van der Waals surface area contributed by atoms with Gasteiger partial charge in [0.15, 0.2) is 0 Å². The fourth-order valence-electron chi connectivity index (χ4n) is 2.62. The molecule has 1 atom stereocenters. The predicted molar refractivity (Wildman–Crippen MR) is 73.9 cm³/mol. The summed E-state index contributed by atoms with van der Waals surface area (Å²) in [6.45, 7) is 4.20. The lowest BCUT2D eigenvalue weighted by molar-refractivity contribution is 0.600. The Labute approximate surface area is 108 Å². The van der Waals surface area contributed by atoms with Gasteiger partial charge in [-0.05, 0) is 30.0 Å². The summed E-state index contributed by atoms with van der Waals surface area (Å²) in [5.74, 6) is 0.547. The van der Waals surface area contributed by atoms with E-state index in [-0.39, 0.29) is 0 Å². The molecule has 18 heavy (non-hydrogen) atoms. The highest BCUT2D eigenvalue weighted by Gasteiger charge is 2.20. The molecule has 1 aliphatic rings. The topological polar surface area (TPSA) is 29.9 Å². The van der Waals surface area contributed by atoms with Gasteiger partial charge in [0.1, 0.15) is 0 Å². The third-order valence-electron chi connectivity index (χ3n) is 3.60. The summed E-state index contributed by atoms with van der Waals surface area (Å²) in [5, 5.41) is 7.94. The Kier molecular flexibility index (Phi) is 3.05. The highest BCUT2D eigenvalue weighted by Crippen LogP contribution is 2.29. The van der Waals surface area contributed by atoms with E-state index in [1.165, 1.54) is 16.8 Å². The van der Waals surface area contributed by atoms with Gasteiger partial charge in [-0.2, -0.15) is 5.10 Å². The Bertz CT molecular complexity index is 530. The number of rotatable bonds is 3. The van der Waals surface area contributed by atoms with Crippen molar-refractivity contribution >= 4 is 5.69 Å². The molecule has 0 saturated heterocycles. The van der Waals surface area contributed by atoms with Gasteiger partial charge in [-0.15, -0.1) is 0 Å². The van der Waals surface area contributed by atoms with Crippen LogP contribution in [0, 0.1) is 0 Å². The fraction of sp³-hybridized carbons (Fsp3) is 0.400. The van der Waals surface area contributed by atoms with Crippen molar-refractivity contribution in [3.05, 3.63) is 47.8 Å². The van der Waals surface area contributed by atoms with Crippen molar-refractivity contribution in [2.75, 3.05) is 11.9 Å². The monoisotopic (exact) mass is 241 g/mol. The molecule has 0 radical (unpaired) electrons. The number of benzene rings is 1. The minimum absolute atomic E-state index is 0.547. The van der Waals surface area contributed by atoms with Gasteiger partial charge in [0.05, 0.1) is 6.20 Å². The Balaban J connectivity index is 1.78. The van der Waals surface area contributed by atoms with Gasteiger partial charge in [-0.25, -0.2) is 0 Å². The molecular weight excluding hydrogens is 222 g/mol. The zero-order chi connectivity index (χ0) is 12.4. The van der Waals surface area contributed by atoms with E-state index in [2.05, 4.69) is 52.5 Å². The van der Waals surface area contributed by atoms with Crippen LogP contribution in [-0.2, 0) is 13.0 Å². The SMILES string of the molecule is CCCn1cc(C2CNc3ccccc3C2)cn1. The Hall–Kier alpha value is -1.77. The average molecular weight is 241 g/mol. The molecule has 2 aromatic rings. The number of nitrogens with one attached hydrogen (secondary N) is 1. The molecule has 0 bridgehead atoms. The van der Waals surface area contributed by atoms with Gasteiger partial charge in [0.25, 0.3) is 0 Å². The van der Waals surface area contributed by atoms with E-state index in [4.69, 9.17) is 0 Å². The molecule has 1 aromatic heterocycles. The number of fused-ring (bicyclic) bond motifs is 1. The average Bonchev–Trinajstić information content (AvgIpc) is 2.87. The zero-order valence-corrected chi connectivity index (χ0v) is 10.8. The van der Waals surface area contributed by atoms with Crippen molar-refractivity contribution in [3.63, 3.8) is 0 Å². The summed E-state index contributed by atoms with van der Waals surface area (Å²) in [6, 6.07) is 8.58. The highest BCUT2D eigenvalue weighted by atomic mass is 15.3. The van der Waals surface area contributed by atoms with E-state index in [9.17, 15) is 0 Å². The summed E-state index contributed by atoms with van der Waals surface area (Å²) in [6.07, 6.45) is 6.47. The van der Waals surface area contributed by atoms with Crippen LogP contribution in [0.25, 0.3) is 0 Å². The van der Waals surface area contributed by atoms with Crippen LogP contribution in [-0.4, -0.2) is 16.3 Å². The summed E-state index contributed by atoms with van der Waals surface area (Å²) in [5.41, 5.74) is 4.05. The summed E-state index contributed by atoms with van der Waals surface area (Å²) >= 11 is 0. The smallest absolute Gasteiger partial charge is 0.0525 e. The number of nitrogens with zero attached hydrogens (tertiary/aromatic N) is 2. The van der Waals surface area contributed by atoms with E-state index in [1.54, 1.807) is 0 Å². The third kappa shape index (κ3) is 2.13. The van der Waals surface area contributed by atoms with Crippen LogP contribution < -0.4 is 5.32 Å². The van der Waals surface area contributed by atoms with E-state index < -0.39 is 0 Å². The van der Waals surface area contributed by atoms with E-state index >= 15 is 0 Å². The first-order valence-corrected chi connectivity index (χ1v) is 6.71. The van der Waals surface area contributed by atoms with Crippen molar-refractivity contribution in [2.45, 2.75) is 32.2 Å². The van der Waals surface area contributed by atoms with Gasteiger partial charge >= 0.3 is 0 Å². The van der Waals surface area contributed by atoms with E-state index in [0.29, 0.717) is 5.92 Å². The van der Waals surface area contributed by atoms with Crippen molar-refractivity contribution < 1.29 is 0 Å². The third-order valence-corrected chi connectivity index (χ3v) is 3.60. The molecule has 0 amide bonds. The first-order chi connectivity index (χ1) is 8.86. The van der Waals surface area contributed by atoms with Crippen molar-refractivity contribution in [3.8, 4) is 0 Å². The molecule has 0 fully saturated rings. The van der Waals surface area contributed by atoms with E-state index in [1.807, 2.05) is 6.20 Å². The molecule has 1 aliphatic heterocycles. The lowest BCUT2D eigenvalue weighted by atomic mass is 9.90. The lowest BCUT2D eigenvalue weighted by Gasteiger charge is -2.25. The Morgan fingerprint density at radius 1 is 1.39 bits per heavy atom. The quantitative estimate of drug-likeness (QED) is 0.895. The largest absolute Gasteiger partial charge is 0.384 e. The minimum Gasteiger partial charge on any atom is -0.384 e. The van der Waals surface area contributed by atoms with Crippen LogP contribution in [0.4, 0.5) is 5.69 Å². The molecule has 94 valence electrons. The molecule has 1 N–H and O–H groups in total. The van der Waals surface area contributed by atoms with Crippen LogP contribution in [0.1, 0.15) is 30.4 Å². The molecule has 3 heteroatoms. The van der Waals surface area contributed by atoms with Crippen molar-refractivity contribution in [1.82, 2.24) is 9.78 Å². The number of aryl methyl sites for hydroxylation is 1. The first-order valence-electron chi connectivity index (χ1n) is 6.71. The van der Waals surface area contributed by atoms with Crippen molar-refractivity contribution in [2.24, 2.45) is 0 Å². The number of anilines is 1. The van der Waals surface area contributed by atoms with Crippen LogP contribution >= 0.6 is 0 Å². The van der Waals surface area contributed by atoms with Gasteiger partial charge in [0.2, 0.25) is 0 Å². The van der Waals surface area contributed by atoms with Gasteiger partial charge in [-0.3, -0.25) is 4.68 Å². The zero-order valence-electron chi connectivity index (χ0n) is 10.8. The molecule has 1 aromatic carbocycles. The maximum absolute atomic E-state index is 4.43. The minimum atomic E-state index is 0.547. The van der Waals surface area contributed by atoms with Crippen LogP contribution in [0.15, 0.2) is 36.7 Å². The normalized spacial score (nSPS) is 18.2. The number of hydrogen-bond acceptors (Lipinski definition) is 2. The molecule has 3 nitrogen and oxygen atoms in total. The summed E-state index contributed by atoms with van der Waals surface area (Å²) in [7, 11) is 0. The molecule has 2 heterocycles. The first kappa shape index (κ1) is 11.3. The number of aromatic nitrogens is 2. The second-order valence-corrected chi connectivity index (χ2v) is 4.98. The van der Waals surface area contributed by atoms with E-state index in [0.717, 1.165) is 25.9 Å². The fourth-order valence-corrected chi connectivity index (χ4v) is 2.62. The van der Waals surface area contributed by atoms with Gasteiger partial charge in [0, 0.05) is 30.9 Å². The molecule has 3 rings (SSSR count). The van der Waals surface area contributed by atoms with Gasteiger partial charge < -0.3 is 5.32 Å². The second-order valence-electron chi connectivity index (χ2n) is 4.98. The molecule has 0 spiro atoms. The Morgan fingerprint density at radius 2 is 2.28 bits per heavy atom. The van der Waals surface area contributed by atoms with Crippen LogP contribution in [0.3, 0.4) is 0 Å². The van der Waals surface area contributed by atoms with Crippen LogP contribution in [0.5, 0.6) is 0 Å². The predicted octanol–water partition coefficient (Wildman–Crippen LogP) is 3.04. The van der Waals surface area contributed by atoms with Crippen LogP contribution in [0.2, 0.25) is 0 Å². The molecule has 1 unspecified atom stereocenters. The summed E-state index contributed by atoms with van der Waals surface area (Å²) < 4.78 is 2.05. The Morgan fingerprint density at radius 3 is 3.17 bits per heavy atom. The number of hydrogen-bond donors (Lipinski definition) is 1. The maximum Gasteiger partial charge on any atom is 0.0525 e. The molecular formula is C15H19N3. The van der Waals surface area contributed by atoms with Gasteiger partial charge in [-0.1, -0.05) is 25.1 Å². The van der Waals surface area contributed by atoms with Crippen molar-refractivity contribution in [1.29, 1.82) is 0 Å². The maximum atomic E-state index is 4.43. The highest BCUT2D eigenvalue weighted by molar-refractivity contribution is 5.54. The second kappa shape index (κ2) is 4.84. The lowest BCUT2D eigenvalue weighted by Crippen LogP contribution is -2.21. The summed E-state index contributed by atoms with van der Waals surface area (Å²) in [4.78, 5) is 0. The standard InChI is InChI=1S/C15H19N3/c1-2-7-18-11-14(10-17-18)13-8-12-5-3-4-6-15(12)16-9-13/h3-6,10-11,13,16H,2,7-9H2,1H3. The molecule has 0 saturated carbocycles.